The Balaban J connectivity index is 1.87. The summed E-state index contributed by atoms with van der Waals surface area (Å²) < 4.78 is 6.01. The van der Waals surface area contributed by atoms with E-state index in [1.165, 1.54) is 0 Å². The van der Waals surface area contributed by atoms with E-state index in [1.54, 1.807) is 18.9 Å². The van der Waals surface area contributed by atoms with Crippen molar-refractivity contribution in [3.8, 4) is 5.75 Å². The van der Waals surface area contributed by atoms with E-state index in [2.05, 4.69) is 16.2 Å². The molecule has 0 fully saturated rings. The molecule has 0 amide bonds. The summed E-state index contributed by atoms with van der Waals surface area (Å²) in [6.07, 6.45) is 0. The third-order valence-corrected chi connectivity index (χ3v) is 4.70. The molecule has 0 radical (unpaired) electrons. The van der Waals surface area contributed by atoms with Gasteiger partial charge in [-0.3, -0.25) is 4.99 Å². The number of oxime groups is 1. The number of ether oxygens (including phenoxy) is 1. The van der Waals surface area contributed by atoms with Crippen LogP contribution < -0.4 is 4.74 Å². The molecule has 1 heterocycles. The number of hydrogen-bond donors (Lipinski definition) is 0. The van der Waals surface area contributed by atoms with Crippen LogP contribution in [-0.2, 0) is 11.4 Å². The smallest absolute Gasteiger partial charge is 0.142 e. The van der Waals surface area contributed by atoms with Gasteiger partial charge in [0.25, 0.3) is 0 Å². The van der Waals surface area contributed by atoms with Crippen molar-refractivity contribution >= 4 is 22.5 Å². The largest absolute Gasteiger partial charge is 0.489 e. The fraction of sp³-hybridized carbons (Fsp3) is 0.263. The molecule has 2 aromatic rings. The molecule has 0 saturated carbocycles. The van der Waals surface area contributed by atoms with E-state index in [1.807, 2.05) is 49.4 Å². The van der Waals surface area contributed by atoms with Gasteiger partial charge in [-0.05, 0) is 24.1 Å². The first-order valence-corrected chi connectivity index (χ1v) is 8.83. The molecular weight excluding hydrogens is 320 g/mol. The van der Waals surface area contributed by atoms with Crippen LogP contribution in [0, 0.1) is 6.92 Å². The highest BCUT2D eigenvalue weighted by atomic mass is 32.2. The summed E-state index contributed by atoms with van der Waals surface area (Å²) in [6, 6.07) is 16.1. The van der Waals surface area contributed by atoms with Crippen LogP contribution in [0.3, 0.4) is 0 Å². The lowest BCUT2D eigenvalue weighted by atomic mass is 10.0. The van der Waals surface area contributed by atoms with Gasteiger partial charge in [0, 0.05) is 17.9 Å². The number of hydrogen-bond acceptors (Lipinski definition) is 5. The van der Waals surface area contributed by atoms with Gasteiger partial charge in [-0.1, -0.05) is 47.6 Å². The van der Waals surface area contributed by atoms with E-state index in [0.717, 1.165) is 45.5 Å². The number of thioether (sulfide) groups is 1. The summed E-state index contributed by atoms with van der Waals surface area (Å²) in [6.45, 7) is 3.34. The number of benzene rings is 2. The zero-order valence-electron chi connectivity index (χ0n) is 13.9. The fourth-order valence-corrected chi connectivity index (χ4v) is 3.37. The third kappa shape index (κ3) is 3.79. The van der Waals surface area contributed by atoms with Crippen LogP contribution in [0.25, 0.3) is 0 Å². The molecule has 0 N–H and O–H groups in total. The first-order chi connectivity index (χ1) is 11.8. The number of para-hydroxylation sites is 1. The van der Waals surface area contributed by atoms with E-state index in [4.69, 9.17) is 9.57 Å². The van der Waals surface area contributed by atoms with Gasteiger partial charge in [0.05, 0.1) is 0 Å². The minimum Gasteiger partial charge on any atom is -0.489 e. The standard InChI is InChI=1S/C19H20N2O2S/c1-14-7-3-6-10-17(14)23-13-15-8-4-5-9-16(15)18(21-22-2)19-20-11-12-24-19/h3-10H,11-13H2,1-2H3. The summed E-state index contributed by atoms with van der Waals surface area (Å²) in [5.41, 5.74) is 3.97. The maximum atomic E-state index is 6.01. The van der Waals surface area contributed by atoms with Crippen molar-refractivity contribution in [1.29, 1.82) is 0 Å². The van der Waals surface area contributed by atoms with E-state index in [-0.39, 0.29) is 0 Å². The molecule has 0 spiro atoms. The van der Waals surface area contributed by atoms with Gasteiger partial charge in [-0.2, -0.15) is 0 Å². The third-order valence-electron chi connectivity index (χ3n) is 3.72. The lowest BCUT2D eigenvalue weighted by molar-refractivity contribution is 0.214. The quantitative estimate of drug-likeness (QED) is 0.588. The Hall–Kier alpha value is -2.27. The molecule has 24 heavy (non-hydrogen) atoms. The number of aliphatic imine (C=N–C) groups is 1. The Morgan fingerprint density at radius 3 is 2.71 bits per heavy atom. The second kappa shape index (κ2) is 8.02. The van der Waals surface area contributed by atoms with E-state index >= 15 is 0 Å². The van der Waals surface area contributed by atoms with Gasteiger partial charge in [-0.25, -0.2) is 0 Å². The highest BCUT2D eigenvalue weighted by molar-refractivity contribution is 8.16. The number of rotatable bonds is 6. The Morgan fingerprint density at radius 1 is 1.17 bits per heavy atom. The first-order valence-electron chi connectivity index (χ1n) is 7.85. The van der Waals surface area contributed by atoms with Crippen molar-refractivity contribution in [3.05, 3.63) is 65.2 Å². The molecule has 2 aromatic carbocycles. The zero-order chi connectivity index (χ0) is 16.8. The van der Waals surface area contributed by atoms with E-state index < -0.39 is 0 Å². The zero-order valence-corrected chi connectivity index (χ0v) is 14.7. The summed E-state index contributed by atoms with van der Waals surface area (Å²) in [4.78, 5) is 9.59. The normalized spacial score (nSPS) is 14.4. The van der Waals surface area contributed by atoms with Crippen LogP contribution >= 0.6 is 11.8 Å². The molecule has 0 bridgehead atoms. The molecule has 5 heteroatoms. The van der Waals surface area contributed by atoms with Crippen LogP contribution in [0.15, 0.2) is 58.7 Å². The molecule has 4 nitrogen and oxygen atoms in total. The predicted molar refractivity (Wildman–Crippen MR) is 100 cm³/mol. The molecule has 1 aliphatic rings. The summed E-state index contributed by atoms with van der Waals surface area (Å²) in [7, 11) is 1.56. The number of aryl methyl sites for hydroxylation is 1. The maximum absolute atomic E-state index is 6.01. The van der Waals surface area contributed by atoms with Gasteiger partial charge in [0.15, 0.2) is 0 Å². The Morgan fingerprint density at radius 2 is 1.96 bits per heavy atom. The predicted octanol–water partition coefficient (Wildman–Crippen LogP) is 4.07. The van der Waals surface area contributed by atoms with Crippen LogP contribution in [-0.4, -0.2) is 30.2 Å². The Labute approximate surface area is 146 Å². The second-order valence-corrected chi connectivity index (χ2v) is 6.45. The lowest BCUT2D eigenvalue weighted by Gasteiger charge is -2.13. The van der Waals surface area contributed by atoms with Crippen LogP contribution in [0.5, 0.6) is 5.75 Å². The fourth-order valence-electron chi connectivity index (χ4n) is 2.52. The van der Waals surface area contributed by atoms with Crippen molar-refractivity contribution < 1.29 is 9.57 Å². The first kappa shape index (κ1) is 16.6. The van der Waals surface area contributed by atoms with Crippen molar-refractivity contribution in [1.82, 2.24) is 0 Å². The minimum absolute atomic E-state index is 0.474. The maximum Gasteiger partial charge on any atom is 0.142 e. The Kier molecular flexibility index (Phi) is 5.54. The van der Waals surface area contributed by atoms with Gasteiger partial charge >= 0.3 is 0 Å². The van der Waals surface area contributed by atoms with Crippen molar-refractivity contribution in [2.45, 2.75) is 13.5 Å². The molecule has 0 atom stereocenters. The Bertz CT molecular complexity index is 771. The molecule has 0 aromatic heterocycles. The van der Waals surface area contributed by atoms with Crippen molar-refractivity contribution in [2.75, 3.05) is 19.4 Å². The average Bonchev–Trinajstić information content (AvgIpc) is 3.14. The molecular formula is C19H20N2O2S. The van der Waals surface area contributed by atoms with Crippen LogP contribution in [0.2, 0.25) is 0 Å². The van der Waals surface area contributed by atoms with E-state index in [0.29, 0.717) is 6.61 Å². The van der Waals surface area contributed by atoms with Gasteiger partial charge in [-0.15, -0.1) is 11.8 Å². The molecule has 3 rings (SSSR count). The van der Waals surface area contributed by atoms with Gasteiger partial charge < -0.3 is 9.57 Å². The summed E-state index contributed by atoms with van der Waals surface area (Å²) >= 11 is 1.71. The molecule has 0 saturated heterocycles. The molecule has 0 aliphatic carbocycles. The minimum atomic E-state index is 0.474. The van der Waals surface area contributed by atoms with Gasteiger partial charge in [0.1, 0.15) is 30.2 Å². The van der Waals surface area contributed by atoms with Crippen LogP contribution in [0.1, 0.15) is 16.7 Å². The monoisotopic (exact) mass is 340 g/mol. The van der Waals surface area contributed by atoms with Crippen molar-refractivity contribution in [2.24, 2.45) is 10.1 Å². The molecule has 1 aliphatic heterocycles. The highest BCUT2D eigenvalue weighted by Gasteiger charge is 2.20. The van der Waals surface area contributed by atoms with Crippen LogP contribution in [0.4, 0.5) is 0 Å². The SMILES string of the molecule is CON=C(C1=NCCS1)c1ccccc1COc1ccccc1C. The second-order valence-electron chi connectivity index (χ2n) is 5.37. The average molecular weight is 340 g/mol. The molecule has 124 valence electrons. The van der Waals surface area contributed by atoms with Crippen molar-refractivity contribution in [3.63, 3.8) is 0 Å². The number of nitrogens with zero attached hydrogens (tertiary/aromatic N) is 2. The van der Waals surface area contributed by atoms with E-state index in [9.17, 15) is 0 Å². The summed E-state index contributed by atoms with van der Waals surface area (Å²) in [5.74, 6) is 1.88. The molecule has 0 unspecified atom stereocenters. The van der Waals surface area contributed by atoms with Gasteiger partial charge in [0.2, 0.25) is 0 Å². The topological polar surface area (TPSA) is 43.2 Å². The lowest BCUT2D eigenvalue weighted by Crippen LogP contribution is -2.15. The summed E-state index contributed by atoms with van der Waals surface area (Å²) in [5, 5.41) is 5.15. The highest BCUT2D eigenvalue weighted by Crippen LogP contribution is 2.22.